The summed E-state index contributed by atoms with van der Waals surface area (Å²) in [6, 6.07) is 10.6. The molecule has 1 saturated heterocycles. The summed E-state index contributed by atoms with van der Waals surface area (Å²) in [7, 11) is 0. The minimum Gasteiger partial charge on any atom is -0.494 e. The molecule has 2 aliphatic rings. The summed E-state index contributed by atoms with van der Waals surface area (Å²) >= 11 is 0. The lowest BCUT2D eigenvalue weighted by atomic mass is 9.94. The minimum atomic E-state index is -0.0591. The van der Waals surface area contributed by atoms with Gasteiger partial charge in [0.1, 0.15) is 5.75 Å². The highest BCUT2D eigenvalue weighted by Gasteiger charge is 2.37. The average molecular weight is 289 g/mol. The molecule has 3 heteroatoms. The van der Waals surface area contributed by atoms with E-state index in [2.05, 4.69) is 4.90 Å². The normalized spacial score (nSPS) is 29.9. The lowest BCUT2D eigenvalue weighted by Gasteiger charge is -2.31. The summed E-state index contributed by atoms with van der Waals surface area (Å²) in [6.07, 6.45) is 6.97. The van der Waals surface area contributed by atoms with Crippen LogP contribution in [-0.2, 0) is 0 Å². The summed E-state index contributed by atoms with van der Waals surface area (Å²) < 4.78 is 5.77. The molecule has 116 valence electrons. The van der Waals surface area contributed by atoms with Crippen molar-refractivity contribution >= 4 is 0 Å². The van der Waals surface area contributed by atoms with Gasteiger partial charge in [0.05, 0.1) is 12.7 Å². The standard InChI is InChI=1S/C18H27NO2/c20-18-11-4-9-16(18)17-10-5-12-19(17)13-6-14-21-15-7-2-1-3-8-15/h1-3,7-8,16-18,20H,4-6,9-14H2. The van der Waals surface area contributed by atoms with Crippen molar-refractivity contribution in [3.8, 4) is 5.75 Å². The van der Waals surface area contributed by atoms with Crippen molar-refractivity contribution in [1.82, 2.24) is 4.90 Å². The number of nitrogens with zero attached hydrogens (tertiary/aromatic N) is 1. The SMILES string of the molecule is OC1CCCC1C1CCCN1CCCOc1ccccc1. The number of ether oxygens (including phenoxy) is 1. The molecule has 0 amide bonds. The van der Waals surface area contributed by atoms with E-state index in [1.54, 1.807) is 0 Å². The van der Waals surface area contributed by atoms with Crippen molar-refractivity contribution in [3.05, 3.63) is 30.3 Å². The van der Waals surface area contributed by atoms with Crippen molar-refractivity contribution in [2.24, 2.45) is 5.92 Å². The van der Waals surface area contributed by atoms with Gasteiger partial charge in [0.15, 0.2) is 0 Å². The zero-order valence-corrected chi connectivity index (χ0v) is 12.8. The number of rotatable bonds is 6. The van der Waals surface area contributed by atoms with Crippen LogP contribution in [0.5, 0.6) is 5.75 Å². The largest absolute Gasteiger partial charge is 0.494 e. The Labute approximate surface area is 127 Å². The first kappa shape index (κ1) is 14.9. The molecule has 1 aliphatic heterocycles. The molecule has 3 rings (SSSR count). The molecule has 0 aromatic heterocycles. The fourth-order valence-corrected chi connectivity index (χ4v) is 4.01. The van der Waals surface area contributed by atoms with E-state index in [1.165, 1.54) is 32.2 Å². The van der Waals surface area contributed by atoms with Crippen molar-refractivity contribution in [1.29, 1.82) is 0 Å². The molecule has 1 aromatic rings. The van der Waals surface area contributed by atoms with Crippen LogP contribution in [0.3, 0.4) is 0 Å². The van der Waals surface area contributed by atoms with Crippen molar-refractivity contribution in [2.75, 3.05) is 19.7 Å². The number of likely N-dealkylation sites (tertiary alicyclic amines) is 1. The Balaban J connectivity index is 1.42. The van der Waals surface area contributed by atoms with Crippen LogP contribution in [0.25, 0.3) is 0 Å². The maximum Gasteiger partial charge on any atom is 0.119 e. The lowest BCUT2D eigenvalue weighted by molar-refractivity contribution is 0.0726. The first-order valence-electron chi connectivity index (χ1n) is 8.44. The predicted octanol–water partition coefficient (Wildman–Crippen LogP) is 3.08. The first-order chi connectivity index (χ1) is 10.3. The highest BCUT2D eigenvalue weighted by molar-refractivity contribution is 5.20. The Morgan fingerprint density at radius 3 is 2.71 bits per heavy atom. The van der Waals surface area contributed by atoms with Crippen molar-refractivity contribution < 1.29 is 9.84 Å². The summed E-state index contributed by atoms with van der Waals surface area (Å²) in [5.41, 5.74) is 0. The lowest BCUT2D eigenvalue weighted by Crippen LogP contribution is -2.39. The van der Waals surface area contributed by atoms with Crippen LogP contribution in [0.15, 0.2) is 30.3 Å². The third-order valence-corrected chi connectivity index (χ3v) is 5.04. The van der Waals surface area contributed by atoms with Crippen LogP contribution in [0, 0.1) is 5.92 Å². The van der Waals surface area contributed by atoms with Gasteiger partial charge in [-0.15, -0.1) is 0 Å². The van der Waals surface area contributed by atoms with E-state index < -0.39 is 0 Å². The van der Waals surface area contributed by atoms with Gasteiger partial charge in [0, 0.05) is 18.5 Å². The molecule has 3 atom stereocenters. The van der Waals surface area contributed by atoms with E-state index in [0.717, 1.165) is 31.7 Å². The van der Waals surface area contributed by atoms with E-state index in [9.17, 15) is 5.11 Å². The molecule has 3 unspecified atom stereocenters. The number of aliphatic hydroxyl groups excluding tert-OH is 1. The van der Waals surface area contributed by atoms with Gasteiger partial charge in [-0.3, -0.25) is 4.90 Å². The molecule has 0 spiro atoms. The Morgan fingerprint density at radius 1 is 1.10 bits per heavy atom. The van der Waals surface area contributed by atoms with Gasteiger partial charge in [-0.1, -0.05) is 24.6 Å². The second kappa shape index (κ2) is 7.28. The molecule has 2 fully saturated rings. The van der Waals surface area contributed by atoms with E-state index in [-0.39, 0.29) is 6.10 Å². The smallest absolute Gasteiger partial charge is 0.119 e. The van der Waals surface area contributed by atoms with Gasteiger partial charge < -0.3 is 9.84 Å². The average Bonchev–Trinajstić information content (AvgIpc) is 3.13. The topological polar surface area (TPSA) is 32.7 Å². The van der Waals surface area contributed by atoms with E-state index in [4.69, 9.17) is 4.74 Å². The number of benzene rings is 1. The fourth-order valence-electron chi connectivity index (χ4n) is 4.01. The van der Waals surface area contributed by atoms with E-state index >= 15 is 0 Å². The summed E-state index contributed by atoms with van der Waals surface area (Å²) in [5.74, 6) is 1.48. The van der Waals surface area contributed by atoms with E-state index in [1.807, 2.05) is 30.3 Å². The van der Waals surface area contributed by atoms with Gasteiger partial charge in [0.25, 0.3) is 0 Å². The van der Waals surface area contributed by atoms with Crippen LogP contribution in [0.1, 0.15) is 38.5 Å². The number of hydrogen-bond donors (Lipinski definition) is 1. The Morgan fingerprint density at radius 2 is 1.95 bits per heavy atom. The third kappa shape index (κ3) is 3.78. The number of para-hydroxylation sites is 1. The number of hydrogen-bond acceptors (Lipinski definition) is 3. The zero-order chi connectivity index (χ0) is 14.5. The Bertz CT molecular complexity index is 422. The van der Waals surface area contributed by atoms with Crippen LogP contribution in [0.2, 0.25) is 0 Å². The van der Waals surface area contributed by atoms with E-state index in [0.29, 0.717) is 12.0 Å². The molecular formula is C18H27NO2. The minimum absolute atomic E-state index is 0.0591. The Kier molecular flexibility index (Phi) is 5.15. The van der Waals surface area contributed by atoms with Crippen molar-refractivity contribution in [3.63, 3.8) is 0 Å². The van der Waals surface area contributed by atoms with Crippen molar-refractivity contribution in [2.45, 2.75) is 50.7 Å². The van der Waals surface area contributed by atoms with Gasteiger partial charge in [-0.2, -0.15) is 0 Å². The fraction of sp³-hybridized carbons (Fsp3) is 0.667. The monoisotopic (exact) mass is 289 g/mol. The van der Waals surface area contributed by atoms with Crippen LogP contribution in [-0.4, -0.2) is 41.8 Å². The summed E-state index contributed by atoms with van der Waals surface area (Å²) in [6.45, 7) is 3.07. The molecule has 3 nitrogen and oxygen atoms in total. The third-order valence-electron chi connectivity index (χ3n) is 5.04. The molecule has 0 bridgehead atoms. The number of aliphatic hydroxyl groups is 1. The van der Waals surface area contributed by atoms with Crippen LogP contribution in [0.4, 0.5) is 0 Å². The molecular weight excluding hydrogens is 262 g/mol. The van der Waals surface area contributed by atoms with Gasteiger partial charge in [-0.25, -0.2) is 0 Å². The van der Waals surface area contributed by atoms with Crippen LogP contribution >= 0.6 is 0 Å². The Hall–Kier alpha value is -1.06. The molecule has 1 saturated carbocycles. The molecule has 1 N–H and O–H groups in total. The maximum absolute atomic E-state index is 10.1. The van der Waals surface area contributed by atoms with Gasteiger partial charge >= 0.3 is 0 Å². The molecule has 1 aromatic carbocycles. The zero-order valence-electron chi connectivity index (χ0n) is 12.8. The second-order valence-electron chi connectivity index (χ2n) is 6.42. The van der Waals surface area contributed by atoms with Gasteiger partial charge in [-0.05, 0) is 50.8 Å². The molecule has 1 heterocycles. The quantitative estimate of drug-likeness (QED) is 0.817. The summed E-state index contributed by atoms with van der Waals surface area (Å²) in [5, 5.41) is 10.1. The molecule has 0 radical (unpaired) electrons. The highest BCUT2D eigenvalue weighted by atomic mass is 16.5. The highest BCUT2D eigenvalue weighted by Crippen LogP contribution is 2.35. The summed E-state index contributed by atoms with van der Waals surface area (Å²) in [4.78, 5) is 2.59. The second-order valence-corrected chi connectivity index (χ2v) is 6.42. The van der Waals surface area contributed by atoms with Gasteiger partial charge in [0.2, 0.25) is 0 Å². The molecule has 21 heavy (non-hydrogen) atoms. The van der Waals surface area contributed by atoms with Crippen LogP contribution < -0.4 is 4.74 Å². The maximum atomic E-state index is 10.1. The first-order valence-corrected chi connectivity index (χ1v) is 8.44. The molecule has 1 aliphatic carbocycles. The predicted molar refractivity (Wildman–Crippen MR) is 84.5 cm³/mol.